The molecule has 0 saturated carbocycles. The molecule has 2 heterocycles. The second-order valence-corrected chi connectivity index (χ2v) is 14.1. The van der Waals surface area contributed by atoms with Gasteiger partial charge in [0.2, 0.25) is 11.8 Å². The van der Waals surface area contributed by atoms with Gasteiger partial charge in [-0.3, -0.25) is 9.59 Å². The van der Waals surface area contributed by atoms with Gasteiger partial charge < -0.3 is 24.6 Å². The zero-order chi connectivity index (χ0) is 32.8. The van der Waals surface area contributed by atoms with E-state index in [4.69, 9.17) is 9.05 Å². The number of amides is 2. The molecule has 7 nitrogen and oxygen atoms in total. The number of fused-ring (bicyclic) bond motifs is 3. The van der Waals surface area contributed by atoms with E-state index in [1.165, 1.54) is 0 Å². The van der Waals surface area contributed by atoms with Gasteiger partial charge in [-0.2, -0.15) is 13.2 Å². The van der Waals surface area contributed by atoms with E-state index in [-0.39, 0.29) is 18.0 Å². The lowest BCUT2D eigenvalue weighted by Gasteiger charge is -2.39. The Bertz CT molecular complexity index is 1530. The van der Waals surface area contributed by atoms with E-state index in [1.807, 2.05) is 77.7 Å². The standard InChI is InChI=1S/C36H41F3N3O4P/c37-36(38,39)24-41-34(43)33-30-16-5-4-15-28(30)29-17-10-14-26(32(29)33)13-7-9-20-47-45-22-27(23-46-47)42(21-25-11-2-1-3-12-25)35(44)31-18-6-8-19-40-31/h1-5,10-12,14-17,27,31,33,40H,6-9,13,18-24H2,(H,41,43)/t27-,31?,33?,47-. The zero-order valence-corrected chi connectivity index (χ0v) is 27.2. The number of carbonyl (C=O) groups excluding carboxylic acids is 2. The Balaban J connectivity index is 1.05. The molecule has 2 atom stereocenters. The van der Waals surface area contributed by atoms with Crippen LogP contribution in [0.25, 0.3) is 11.1 Å². The molecule has 0 bridgehead atoms. The Morgan fingerprint density at radius 2 is 1.66 bits per heavy atom. The average molecular weight is 668 g/mol. The van der Waals surface area contributed by atoms with Crippen molar-refractivity contribution in [1.82, 2.24) is 15.5 Å². The van der Waals surface area contributed by atoms with Crippen molar-refractivity contribution in [2.75, 3.05) is 32.5 Å². The van der Waals surface area contributed by atoms with Gasteiger partial charge in [-0.15, -0.1) is 0 Å². The maximum absolute atomic E-state index is 13.6. The predicted octanol–water partition coefficient (Wildman–Crippen LogP) is 6.70. The zero-order valence-electron chi connectivity index (χ0n) is 26.3. The first-order valence-electron chi connectivity index (χ1n) is 16.4. The van der Waals surface area contributed by atoms with Crippen molar-refractivity contribution < 1.29 is 31.8 Å². The molecule has 3 aromatic carbocycles. The smallest absolute Gasteiger partial charge is 0.346 e. The molecule has 2 aliphatic heterocycles. The molecule has 2 unspecified atom stereocenters. The summed E-state index contributed by atoms with van der Waals surface area (Å²) in [6, 6.07) is 22.9. The van der Waals surface area contributed by atoms with Gasteiger partial charge in [-0.25, -0.2) is 0 Å². The van der Waals surface area contributed by atoms with Crippen LogP contribution >= 0.6 is 8.38 Å². The summed E-state index contributed by atoms with van der Waals surface area (Å²) in [5, 5.41) is 5.50. The van der Waals surface area contributed by atoms with Gasteiger partial charge in [0.25, 0.3) is 0 Å². The summed E-state index contributed by atoms with van der Waals surface area (Å²) in [5.41, 5.74) is 5.35. The SMILES string of the molecule is O=C(NCC(F)(F)F)C1c2ccccc2-c2cccc(CCCC[P@]3OC[C@@H](N(Cc4ccccc4)C(=O)C4CCCCN4)CO3)c21. The number of benzene rings is 3. The summed E-state index contributed by atoms with van der Waals surface area (Å²) in [7, 11) is -1.10. The third-order valence-electron chi connectivity index (χ3n) is 9.16. The normalized spacial score (nSPS) is 22.3. The molecule has 250 valence electrons. The maximum atomic E-state index is 13.6. The molecule has 3 aliphatic rings. The van der Waals surface area contributed by atoms with E-state index in [9.17, 15) is 22.8 Å². The van der Waals surface area contributed by atoms with Gasteiger partial charge in [0, 0.05) is 12.7 Å². The number of piperidine rings is 1. The summed E-state index contributed by atoms with van der Waals surface area (Å²) in [6.45, 7) is 0.852. The number of hydrogen-bond acceptors (Lipinski definition) is 5. The number of hydrogen-bond donors (Lipinski definition) is 2. The van der Waals surface area contributed by atoms with Crippen LogP contribution in [0.5, 0.6) is 0 Å². The highest BCUT2D eigenvalue weighted by atomic mass is 31.2. The minimum atomic E-state index is -4.48. The van der Waals surface area contributed by atoms with E-state index in [0.29, 0.717) is 26.2 Å². The van der Waals surface area contributed by atoms with E-state index < -0.39 is 32.9 Å². The lowest BCUT2D eigenvalue weighted by Crippen LogP contribution is -2.54. The maximum Gasteiger partial charge on any atom is 0.405 e. The fourth-order valence-corrected chi connectivity index (χ4v) is 8.33. The molecule has 0 radical (unpaired) electrons. The van der Waals surface area contributed by atoms with Gasteiger partial charge >= 0.3 is 6.18 Å². The van der Waals surface area contributed by atoms with Crippen molar-refractivity contribution in [2.24, 2.45) is 0 Å². The molecule has 2 amide bonds. The number of nitrogens with one attached hydrogen (secondary N) is 2. The minimum Gasteiger partial charge on any atom is -0.346 e. The highest BCUT2D eigenvalue weighted by molar-refractivity contribution is 7.47. The summed E-state index contributed by atoms with van der Waals surface area (Å²) in [4.78, 5) is 28.7. The number of halogens is 3. The molecular weight excluding hydrogens is 626 g/mol. The number of rotatable bonds is 11. The third-order valence-corrected chi connectivity index (χ3v) is 10.7. The predicted molar refractivity (Wildman–Crippen MR) is 176 cm³/mol. The number of carbonyl (C=O) groups is 2. The molecule has 2 fully saturated rings. The van der Waals surface area contributed by atoms with Crippen LogP contribution in [0.4, 0.5) is 13.2 Å². The van der Waals surface area contributed by atoms with Crippen LogP contribution in [0.2, 0.25) is 0 Å². The Kier molecular flexibility index (Phi) is 10.9. The Hall–Kier alpha value is -3.30. The molecule has 2 saturated heterocycles. The number of alkyl halides is 3. The van der Waals surface area contributed by atoms with Crippen LogP contribution in [0.15, 0.2) is 72.8 Å². The van der Waals surface area contributed by atoms with Crippen LogP contribution in [0, 0.1) is 0 Å². The Morgan fingerprint density at radius 3 is 2.40 bits per heavy atom. The summed E-state index contributed by atoms with van der Waals surface area (Å²) < 4.78 is 51.2. The van der Waals surface area contributed by atoms with Crippen LogP contribution in [0.1, 0.15) is 60.3 Å². The minimum absolute atomic E-state index is 0.0971. The topological polar surface area (TPSA) is 79.9 Å². The molecule has 0 spiro atoms. The quantitative estimate of drug-likeness (QED) is 0.176. The second-order valence-electron chi connectivity index (χ2n) is 12.4. The van der Waals surface area contributed by atoms with Gasteiger partial charge in [0.05, 0.1) is 31.2 Å². The number of nitrogens with zero attached hydrogens (tertiary/aromatic N) is 1. The molecule has 3 aromatic rings. The first-order chi connectivity index (χ1) is 22.8. The van der Waals surface area contributed by atoms with E-state index in [0.717, 1.165) is 78.2 Å². The van der Waals surface area contributed by atoms with Gasteiger partial charge in [-0.1, -0.05) is 79.2 Å². The summed E-state index contributed by atoms with van der Waals surface area (Å²) in [5.74, 6) is -1.32. The van der Waals surface area contributed by atoms with Crippen molar-refractivity contribution in [3.63, 3.8) is 0 Å². The van der Waals surface area contributed by atoms with Crippen molar-refractivity contribution in [2.45, 2.75) is 69.2 Å². The van der Waals surface area contributed by atoms with Crippen LogP contribution in [0.3, 0.4) is 0 Å². The van der Waals surface area contributed by atoms with Gasteiger partial charge in [0.15, 0.2) is 8.38 Å². The van der Waals surface area contributed by atoms with E-state index in [1.54, 1.807) is 0 Å². The highest BCUT2D eigenvalue weighted by Gasteiger charge is 2.38. The fraction of sp³-hybridized carbons (Fsp3) is 0.444. The molecule has 1 aliphatic carbocycles. The van der Waals surface area contributed by atoms with Crippen LogP contribution < -0.4 is 10.6 Å². The first-order valence-corrected chi connectivity index (χ1v) is 17.8. The van der Waals surface area contributed by atoms with Crippen molar-refractivity contribution in [1.29, 1.82) is 0 Å². The van der Waals surface area contributed by atoms with Crippen molar-refractivity contribution in [3.05, 3.63) is 95.1 Å². The third kappa shape index (κ3) is 8.23. The highest BCUT2D eigenvalue weighted by Crippen LogP contribution is 2.47. The number of unbranched alkanes of at least 4 members (excludes halogenated alkanes) is 1. The van der Waals surface area contributed by atoms with Gasteiger partial charge in [0.1, 0.15) is 6.54 Å². The van der Waals surface area contributed by atoms with Gasteiger partial charge in [-0.05, 0) is 72.0 Å². The average Bonchev–Trinajstić information content (AvgIpc) is 3.44. The fourth-order valence-electron chi connectivity index (χ4n) is 6.84. The second kappa shape index (κ2) is 15.3. The molecule has 2 N–H and O–H groups in total. The summed E-state index contributed by atoms with van der Waals surface area (Å²) in [6.07, 6.45) is 1.53. The lowest BCUT2D eigenvalue weighted by atomic mass is 9.90. The monoisotopic (exact) mass is 667 g/mol. The largest absolute Gasteiger partial charge is 0.405 e. The Labute approximate surface area is 275 Å². The molecule has 6 rings (SSSR count). The molecular formula is C36H41F3N3O4P. The molecule has 0 aromatic heterocycles. The molecule has 11 heteroatoms. The Morgan fingerprint density at radius 1 is 0.915 bits per heavy atom. The van der Waals surface area contributed by atoms with Crippen molar-refractivity contribution >= 4 is 20.2 Å². The van der Waals surface area contributed by atoms with Crippen molar-refractivity contribution in [3.8, 4) is 11.1 Å². The van der Waals surface area contributed by atoms with E-state index in [2.05, 4.69) is 10.6 Å². The van der Waals surface area contributed by atoms with E-state index >= 15 is 0 Å². The summed E-state index contributed by atoms with van der Waals surface area (Å²) >= 11 is 0. The van der Waals surface area contributed by atoms with Crippen LogP contribution in [-0.2, 0) is 31.6 Å². The number of aryl methyl sites for hydroxylation is 1. The van der Waals surface area contributed by atoms with Crippen LogP contribution in [-0.4, -0.2) is 67.4 Å². The lowest BCUT2D eigenvalue weighted by molar-refractivity contribution is -0.139. The first kappa shape index (κ1) is 33.6. The molecule has 47 heavy (non-hydrogen) atoms.